The number of hydrogen-bond donors (Lipinski definition) is 2. The van der Waals surface area contributed by atoms with Crippen LogP contribution in [0, 0.1) is 5.92 Å². The third kappa shape index (κ3) is 4.78. The van der Waals surface area contributed by atoms with Crippen LogP contribution in [0.5, 0.6) is 5.75 Å². The molecule has 0 spiro atoms. The van der Waals surface area contributed by atoms with Gasteiger partial charge in [-0.1, -0.05) is 6.07 Å². The molecule has 0 radical (unpaired) electrons. The molecule has 32 heavy (non-hydrogen) atoms. The van der Waals surface area contributed by atoms with Crippen LogP contribution in [0.15, 0.2) is 47.4 Å². The zero-order chi connectivity index (χ0) is 22.7. The fourth-order valence-electron chi connectivity index (χ4n) is 4.18. The molecule has 2 heterocycles. The second-order valence-electron chi connectivity index (χ2n) is 8.14. The molecule has 0 aromatic heterocycles. The first kappa shape index (κ1) is 22.3. The third-order valence-corrected chi connectivity index (χ3v) is 7.79. The first-order valence-electron chi connectivity index (χ1n) is 10.7. The molecule has 8 nitrogen and oxygen atoms in total. The summed E-state index contributed by atoms with van der Waals surface area (Å²) in [4.78, 5) is 24.8. The predicted octanol–water partition coefficient (Wildman–Crippen LogP) is 3.01. The van der Waals surface area contributed by atoms with Gasteiger partial charge in [0.15, 0.2) is 0 Å². The number of carbonyl (C=O) groups excluding carboxylic acids is 2. The Morgan fingerprint density at radius 1 is 1.16 bits per heavy atom. The van der Waals surface area contributed by atoms with Gasteiger partial charge >= 0.3 is 0 Å². The van der Waals surface area contributed by atoms with Crippen molar-refractivity contribution in [2.45, 2.75) is 37.0 Å². The highest BCUT2D eigenvalue weighted by atomic mass is 32.2. The minimum absolute atomic E-state index is 0.0553. The minimum atomic E-state index is -3.75. The molecule has 0 saturated carbocycles. The maximum atomic E-state index is 13.3. The SMILES string of the molecule is COc1cccc(NC(=O)[C@H]2CCCN(S(=O)(=O)c3ccc4c(c3)CCCC(=O)N4)C2)c1. The number of methoxy groups -OCH3 is 1. The molecule has 0 unspecified atom stereocenters. The van der Waals surface area contributed by atoms with Crippen LogP contribution in [0.1, 0.15) is 31.2 Å². The van der Waals surface area contributed by atoms with Gasteiger partial charge in [-0.15, -0.1) is 0 Å². The van der Waals surface area contributed by atoms with Gasteiger partial charge in [-0.2, -0.15) is 4.31 Å². The molecule has 2 N–H and O–H groups in total. The molecule has 2 amide bonds. The molecule has 1 atom stereocenters. The van der Waals surface area contributed by atoms with Gasteiger partial charge in [0.2, 0.25) is 21.8 Å². The van der Waals surface area contributed by atoms with E-state index in [2.05, 4.69) is 10.6 Å². The number of nitrogens with one attached hydrogen (secondary N) is 2. The van der Waals surface area contributed by atoms with E-state index >= 15 is 0 Å². The largest absolute Gasteiger partial charge is 0.497 e. The summed E-state index contributed by atoms with van der Waals surface area (Å²) in [5, 5.41) is 5.69. The van der Waals surface area contributed by atoms with Gasteiger partial charge in [0, 0.05) is 37.0 Å². The van der Waals surface area contributed by atoms with Crippen molar-refractivity contribution in [1.29, 1.82) is 0 Å². The van der Waals surface area contributed by atoms with Crippen LogP contribution in [-0.4, -0.2) is 44.7 Å². The molecule has 1 saturated heterocycles. The van der Waals surface area contributed by atoms with Crippen LogP contribution < -0.4 is 15.4 Å². The summed E-state index contributed by atoms with van der Waals surface area (Å²) >= 11 is 0. The standard InChI is InChI=1S/C23H27N3O5S/c1-31-19-8-3-7-18(14-19)24-23(28)17-6-4-12-26(15-17)32(29,30)20-10-11-21-16(13-20)5-2-9-22(27)25-21/h3,7-8,10-11,13-14,17H,2,4-6,9,12,15H2,1H3,(H,24,28)(H,25,27)/t17-/m0/s1. The fourth-order valence-corrected chi connectivity index (χ4v) is 5.76. The Labute approximate surface area is 188 Å². The lowest BCUT2D eigenvalue weighted by Gasteiger charge is -2.31. The van der Waals surface area contributed by atoms with E-state index in [0.29, 0.717) is 55.8 Å². The van der Waals surface area contributed by atoms with Gasteiger partial charge < -0.3 is 15.4 Å². The van der Waals surface area contributed by atoms with Crippen molar-refractivity contribution in [2.24, 2.45) is 5.92 Å². The number of benzene rings is 2. The first-order chi connectivity index (χ1) is 15.4. The number of fused-ring (bicyclic) bond motifs is 1. The molecule has 2 aromatic carbocycles. The number of piperidine rings is 1. The highest BCUT2D eigenvalue weighted by Crippen LogP contribution is 2.29. The summed E-state index contributed by atoms with van der Waals surface area (Å²) in [7, 11) is -2.19. The molecule has 2 aliphatic rings. The molecular weight excluding hydrogens is 430 g/mol. The molecule has 170 valence electrons. The number of sulfonamides is 1. The lowest BCUT2D eigenvalue weighted by atomic mass is 9.98. The van der Waals surface area contributed by atoms with E-state index in [0.717, 1.165) is 5.56 Å². The zero-order valence-electron chi connectivity index (χ0n) is 18.0. The third-order valence-electron chi connectivity index (χ3n) is 5.93. The van der Waals surface area contributed by atoms with Gasteiger partial charge in [-0.3, -0.25) is 9.59 Å². The number of aryl methyl sites for hydroxylation is 1. The number of ether oxygens (including phenoxy) is 1. The Morgan fingerprint density at radius 3 is 2.81 bits per heavy atom. The monoisotopic (exact) mass is 457 g/mol. The van der Waals surface area contributed by atoms with E-state index in [1.165, 1.54) is 10.4 Å². The van der Waals surface area contributed by atoms with Crippen molar-refractivity contribution >= 4 is 33.2 Å². The van der Waals surface area contributed by atoms with E-state index in [4.69, 9.17) is 4.74 Å². The Hall–Kier alpha value is -2.91. The van der Waals surface area contributed by atoms with Crippen molar-refractivity contribution in [3.8, 4) is 5.75 Å². The van der Waals surface area contributed by atoms with E-state index in [1.54, 1.807) is 43.5 Å². The van der Waals surface area contributed by atoms with Crippen LogP contribution in [0.3, 0.4) is 0 Å². The lowest BCUT2D eigenvalue weighted by molar-refractivity contribution is -0.121. The van der Waals surface area contributed by atoms with Gasteiger partial charge in [-0.25, -0.2) is 8.42 Å². The van der Waals surface area contributed by atoms with Gasteiger partial charge in [0.1, 0.15) is 5.75 Å². The van der Waals surface area contributed by atoms with Crippen molar-refractivity contribution in [1.82, 2.24) is 4.31 Å². The second kappa shape index (κ2) is 9.30. The molecule has 0 bridgehead atoms. The van der Waals surface area contributed by atoms with E-state index in [9.17, 15) is 18.0 Å². The topological polar surface area (TPSA) is 105 Å². The summed E-state index contributed by atoms with van der Waals surface area (Å²) in [5.41, 5.74) is 2.10. The highest BCUT2D eigenvalue weighted by Gasteiger charge is 2.34. The molecule has 0 aliphatic carbocycles. The van der Waals surface area contributed by atoms with Crippen LogP contribution in [0.4, 0.5) is 11.4 Å². The van der Waals surface area contributed by atoms with Gasteiger partial charge in [-0.05, 0) is 61.6 Å². The molecule has 4 rings (SSSR count). The summed E-state index contributed by atoms with van der Waals surface area (Å²) in [6.07, 6.45) is 2.98. The Bertz CT molecular complexity index is 1130. The zero-order valence-corrected chi connectivity index (χ0v) is 18.8. The smallest absolute Gasteiger partial charge is 0.243 e. The summed E-state index contributed by atoms with van der Waals surface area (Å²) in [5.74, 6) is -0.0667. The van der Waals surface area contributed by atoms with Gasteiger partial charge in [0.05, 0.1) is 17.9 Å². The molecule has 2 aliphatic heterocycles. The van der Waals surface area contributed by atoms with Crippen LogP contribution >= 0.6 is 0 Å². The van der Waals surface area contributed by atoms with Crippen molar-refractivity contribution in [3.63, 3.8) is 0 Å². The van der Waals surface area contributed by atoms with Crippen LogP contribution in [0.2, 0.25) is 0 Å². The van der Waals surface area contributed by atoms with E-state index < -0.39 is 15.9 Å². The Morgan fingerprint density at radius 2 is 2.00 bits per heavy atom. The number of nitrogens with zero attached hydrogens (tertiary/aromatic N) is 1. The summed E-state index contributed by atoms with van der Waals surface area (Å²) in [6, 6.07) is 11.9. The Kier molecular flexibility index (Phi) is 6.48. The molecule has 1 fully saturated rings. The number of hydrogen-bond acceptors (Lipinski definition) is 5. The number of rotatable bonds is 5. The summed E-state index contributed by atoms with van der Waals surface area (Å²) < 4.78 is 33.2. The average molecular weight is 458 g/mol. The Balaban J connectivity index is 1.49. The maximum Gasteiger partial charge on any atom is 0.243 e. The van der Waals surface area contributed by atoms with E-state index in [1.807, 2.05) is 0 Å². The normalized spacial score (nSPS) is 19.4. The molecule has 2 aromatic rings. The van der Waals surface area contributed by atoms with Crippen molar-refractivity contribution < 1.29 is 22.7 Å². The fraction of sp³-hybridized carbons (Fsp3) is 0.391. The first-order valence-corrected chi connectivity index (χ1v) is 12.2. The number of anilines is 2. The van der Waals surface area contributed by atoms with Crippen molar-refractivity contribution in [2.75, 3.05) is 30.8 Å². The maximum absolute atomic E-state index is 13.3. The number of amides is 2. The quantitative estimate of drug-likeness (QED) is 0.718. The average Bonchev–Trinajstić information content (AvgIpc) is 2.99. The van der Waals surface area contributed by atoms with Gasteiger partial charge in [0.25, 0.3) is 0 Å². The predicted molar refractivity (Wildman–Crippen MR) is 121 cm³/mol. The molecular formula is C23H27N3O5S. The molecule has 9 heteroatoms. The van der Waals surface area contributed by atoms with Crippen LogP contribution in [0.25, 0.3) is 0 Å². The van der Waals surface area contributed by atoms with Crippen LogP contribution in [-0.2, 0) is 26.0 Å². The van der Waals surface area contributed by atoms with E-state index in [-0.39, 0.29) is 23.3 Å². The lowest BCUT2D eigenvalue weighted by Crippen LogP contribution is -2.43. The highest BCUT2D eigenvalue weighted by molar-refractivity contribution is 7.89. The minimum Gasteiger partial charge on any atom is -0.497 e. The summed E-state index contributed by atoms with van der Waals surface area (Å²) in [6.45, 7) is 0.505. The second-order valence-corrected chi connectivity index (χ2v) is 10.1. The van der Waals surface area contributed by atoms with Crippen molar-refractivity contribution in [3.05, 3.63) is 48.0 Å². The number of carbonyl (C=O) groups is 2.